The highest BCUT2D eigenvalue weighted by Crippen LogP contribution is 2.22. The monoisotopic (exact) mass is 222 g/mol. The van der Waals surface area contributed by atoms with Crippen molar-refractivity contribution in [2.75, 3.05) is 14.1 Å². The van der Waals surface area contributed by atoms with Crippen molar-refractivity contribution in [3.63, 3.8) is 0 Å². The molecule has 1 amide bonds. The lowest BCUT2D eigenvalue weighted by atomic mass is 10.1. The fraction of sp³-hybridized carbons (Fsp3) is 0.182. The SMILES string of the molecule is CN(C)C(=O)c1c[nH]c2cc(Cl)ccc12. The van der Waals surface area contributed by atoms with Crippen LogP contribution < -0.4 is 0 Å². The predicted octanol–water partition coefficient (Wildman–Crippen LogP) is 2.52. The van der Waals surface area contributed by atoms with Gasteiger partial charge in [-0.15, -0.1) is 0 Å². The van der Waals surface area contributed by atoms with Gasteiger partial charge in [0.05, 0.1) is 5.56 Å². The van der Waals surface area contributed by atoms with E-state index in [0.717, 1.165) is 10.9 Å². The number of amides is 1. The summed E-state index contributed by atoms with van der Waals surface area (Å²) in [5.74, 6) is -0.0106. The molecule has 1 aromatic heterocycles. The number of nitrogens with zero attached hydrogens (tertiary/aromatic N) is 1. The van der Waals surface area contributed by atoms with Gasteiger partial charge in [-0.1, -0.05) is 17.7 Å². The van der Waals surface area contributed by atoms with Crippen LogP contribution in [0.5, 0.6) is 0 Å². The number of H-pyrrole nitrogens is 1. The molecule has 0 saturated carbocycles. The largest absolute Gasteiger partial charge is 0.360 e. The molecule has 0 unspecified atom stereocenters. The van der Waals surface area contributed by atoms with Gasteiger partial charge in [-0.25, -0.2) is 0 Å². The fourth-order valence-electron chi connectivity index (χ4n) is 1.52. The van der Waals surface area contributed by atoms with E-state index in [4.69, 9.17) is 11.6 Å². The van der Waals surface area contributed by atoms with E-state index in [0.29, 0.717) is 10.6 Å². The Morgan fingerprint density at radius 3 is 2.80 bits per heavy atom. The molecule has 0 radical (unpaired) electrons. The topological polar surface area (TPSA) is 36.1 Å². The van der Waals surface area contributed by atoms with Gasteiger partial charge < -0.3 is 9.88 Å². The molecule has 2 rings (SSSR count). The molecule has 0 atom stereocenters. The summed E-state index contributed by atoms with van der Waals surface area (Å²) < 4.78 is 0. The molecule has 2 aromatic rings. The molecule has 78 valence electrons. The van der Waals surface area contributed by atoms with E-state index in [1.165, 1.54) is 0 Å². The number of halogens is 1. The molecular formula is C11H11ClN2O. The number of fused-ring (bicyclic) bond motifs is 1. The second-order valence-corrected chi connectivity index (χ2v) is 4.03. The molecule has 1 aromatic carbocycles. The van der Waals surface area contributed by atoms with Gasteiger partial charge in [0.2, 0.25) is 0 Å². The summed E-state index contributed by atoms with van der Waals surface area (Å²) in [7, 11) is 3.47. The molecule has 0 aliphatic rings. The first kappa shape index (κ1) is 10.1. The molecule has 0 aliphatic carbocycles. The van der Waals surface area contributed by atoms with Crippen molar-refractivity contribution < 1.29 is 4.79 Å². The molecule has 0 aliphatic heterocycles. The van der Waals surface area contributed by atoms with Crippen molar-refractivity contribution in [2.45, 2.75) is 0 Å². The lowest BCUT2D eigenvalue weighted by Gasteiger charge is -2.08. The van der Waals surface area contributed by atoms with Crippen molar-refractivity contribution in [3.05, 3.63) is 35.0 Å². The number of carbonyl (C=O) groups is 1. The van der Waals surface area contributed by atoms with Crippen LogP contribution in [-0.2, 0) is 0 Å². The van der Waals surface area contributed by atoms with Crippen LogP contribution in [0, 0.1) is 0 Å². The highest BCUT2D eigenvalue weighted by molar-refractivity contribution is 6.31. The van der Waals surface area contributed by atoms with Gasteiger partial charge in [0, 0.05) is 36.2 Å². The Bertz CT molecular complexity index is 516. The normalized spacial score (nSPS) is 10.6. The molecule has 1 N–H and O–H groups in total. The van der Waals surface area contributed by atoms with Crippen LogP contribution in [0.25, 0.3) is 10.9 Å². The number of nitrogens with one attached hydrogen (secondary N) is 1. The van der Waals surface area contributed by atoms with Gasteiger partial charge in [0.15, 0.2) is 0 Å². The number of aromatic nitrogens is 1. The van der Waals surface area contributed by atoms with Gasteiger partial charge in [-0.3, -0.25) is 4.79 Å². The Morgan fingerprint density at radius 1 is 1.40 bits per heavy atom. The smallest absolute Gasteiger partial charge is 0.255 e. The minimum absolute atomic E-state index is 0.0106. The van der Waals surface area contributed by atoms with Crippen molar-refractivity contribution in [2.24, 2.45) is 0 Å². The molecule has 3 nitrogen and oxygen atoms in total. The Kier molecular flexibility index (Phi) is 2.40. The first-order chi connectivity index (χ1) is 7.09. The zero-order valence-electron chi connectivity index (χ0n) is 8.54. The summed E-state index contributed by atoms with van der Waals surface area (Å²) in [6.07, 6.45) is 1.71. The zero-order chi connectivity index (χ0) is 11.0. The van der Waals surface area contributed by atoms with E-state index in [1.807, 2.05) is 12.1 Å². The van der Waals surface area contributed by atoms with E-state index >= 15 is 0 Å². The molecule has 0 bridgehead atoms. The minimum Gasteiger partial charge on any atom is -0.360 e. The second-order valence-electron chi connectivity index (χ2n) is 3.59. The van der Waals surface area contributed by atoms with Crippen LogP contribution in [0.3, 0.4) is 0 Å². The van der Waals surface area contributed by atoms with E-state index in [2.05, 4.69) is 4.98 Å². The lowest BCUT2D eigenvalue weighted by Crippen LogP contribution is -2.21. The predicted molar refractivity (Wildman–Crippen MR) is 61.3 cm³/mol. The van der Waals surface area contributed by atoms with E-state index in [9.17, 15) is 4.79 Å². The number of carbonyl (C=O) groups excluding carboxylic acids is 1. The standard InChI is InChI=1S/C11H11ClN2O/c1-14(2)11(15)9-6-13-10-5-7(12)3-4-8(9)10/h3-6,13H,1-2H3. The lowest BCUT2D eigenvalue weighted by molar-refractivity contribution is 0.0829. The van der Waals surface area contributed by atoms with Gasteiger partial charge in [-0.2, -0.15) is 0 Å². The maximum absolute atomic E-state index is 11.8. The average molecular weight is 223 g/mol. The Hall–Kier alpha value is -1.48. The Morgan fingerprint density at radius 2 is 2.13 bits per heavy atom. The minimum atomic E-state index is -0.0106. The van der Waals surface area contributed by atoms with E-state index in [-0.39, 0.29) is 5.91 Å². The zero-order valence-corrected chi connectivity index (χ0v) is 9.30. The highest BCUT2D eigenvalue weighted by atomic mass is 35.5. The summed E-state index contributed by atoms with van der Waals surface area (Å²) in [6, 6.07) is 5.44. The van der Waals surface area contributed by atoms with E-state index < -0.39 is 0 Å². The second kappa shape index (κ2) is 3.59. The average Bonchev–Trinajstić information content (AvgIpc) is 2.59. The van der Waals surface area contributed by atoms with Crippen molar-refractivity contribution >= 4 is 28.4 Å². The number of benzene rings is 1. The first-order valence-electron chi connectivity index (χ1n) is 4.58. The molecule has 1 heterocycles. The Labute approximate surface area is 92.6 Å². The molecule has 4 heteroatoms. The van der Waals surface area contributed by atoms with E-state index in [1.54, 1.807) is 31.3 Å². The quantitative estimate of drug-likeness (QED) is 0.791. The third kappa shape index (κ3) is 1.70. The van der Waals surface area contributed by atoms with Crippen LogP contribution in [0.2, 0.25) is 5.02 Å². The number of aromatic amines is 1. The summed E-state index contributed by atoms with van der Waals surface area (Å²) in [6.45, 7) is 0. The number of hydrogen-bond donors (Lipinski definition) is 1. The highest BCUT2D eigenvalue weighted by Gasteiger charge is 2.13. The van der Waals surface area contributed by atoms with Crippen molar-refractivity contribution in [1.82, 2.24) is 9.88 Å². The summed E-state index contributed by atoms with van der Waals surface area (Å²) in [5, 5.41) is 1.56. The number of hydrogen-bond acceptors (Lipinski definition) is 1. The Balaban J connectivity index is 2.59. The molecule has 0 fully saturated rings. The van der Waals surface area contributed by atoms with Gasteiger partial charge in [-0.05, 0) is 12.1 Å². The third-order valence-corrected chi connectivity index (χ3v) is 2.52. The van der Waals surface area contributed by atoms with Crippen LogP contribution in [0.4, 0.5) is 0 Å². The molecular weight excluding hydrogens is 212 g/mol. The maximum Gasteiger partial charge on any atom is 0.255 e. The van der Waals surface area contributed by atoms with Gasteiger partial charge in [0.25, 0.3) is 5.91 Å². The summed E-state index contributed by atoms with van der Waals surface area (Å²) in [4.78, 5) is 16.4. The summed E-state index contributed by atoms with van der Waals surface area (Å²) in [5.41, 5.74) is 1.55. The van der Waals surface area contributed by atoms with Crippen LogP contribution in [-0.4, -0.2) is 29.9 Å². The van der Waals surface area contributed by atoms with Crippen molar-refractivity contribution in [1.29, 1.82) is 0 Å². The third-order valence-electron chi connectivity index (χ3n) is 2.28. The van der Waals surface area contributed by atoms with Gasteiger partial charge in [0.1, 0.15) is 0 Å². The molecule has 0 saturated heterocycles. The van der Waals surface area contributed by atoms with Crippen LogP contribution in [0.1, 0.15) is 10.4 Å². The van der Waals surface area contributed by atoms with Crippen molar-refractivity contribution in [3.8, 4) is 0 Å². The fourth-order valence-corrected chi connectivity index (χ4v) is 1.69. The van der Waals surface area contributed by atoms with Crippen LogP contribution in [0.15, 0.2) is 24.4 Å². The van der Waals surface area contributed by atoms with Gasteiger partial charge >= 0.3 is 0 Å². The maximum atomic E-state index is 11.8. The number of rotatable bonds is 1. The van der Waals surface area contributed by atoms with Crippen LogP contribution >= 0.6 is 11.6 Å². The summed E-state index contributed by atoms with van der Waals surface area (Å²) >= 11 is 5.85. The first-order valence-corrected chi connectivity index (χ1v) is 4.95. The molecule has 0 spiro atoms. The molecule has 15 heavy (non-hydrogen) atoms.